The molecule has 0 atom stereocenters. The van der Waals surface area contributed by atoms with Gasteiger partial charge in [-0.2, -0.15) is 0 Å². The van der Waals surface area contributed by atoms with Gasteiger partial charge in [0.1, 0.15) is 0 Å². The van der Waals surface area contributed by atoms with Crippen molar-refractivity contribution in [1.29, 1.82) is 0 Å². The van der Waals surface area contributed by atoms with Crippen LogP contribution >= 0.6 is 11.3 Å². The first-order valence-electron chi connectivity index (χ1n) is 5.78. The Morgan fingerprint density at radius 1 is 1.29 bits per heavy atom. The molecule has 0 aliphatic carbocycles. The van der Waals surface area contributed by atoms with Gasteiger partial charge in [-0.15, -0.1) is 11.3 Å². The molecule has 1 N–H and O–H groups in total. The maximum absolute atomic E-state index is 11.6. The molecule has 0 saturated heterocycles. The Balaban J connectivity index is 2.04. The smallest absolute Gasteiger partial charge is 0.251 e. The van der Waals surface area contributed by atoms with Crippen LogP contribution in [0.4, 0.5) is 0 Å². The van der Waals surface area contributed by atoms with Crippen molar-refractivity contribution in [3.05, 3.63) is 46.3 Å². The second kappa shape index (κ2) is 4.00. The highest BCUT2D eigenvalue weighted by atomic mass is 32.1. The number of nitrogens with one attached hydrogen (secondary N) is 1. The number of hydrogen-bond acceptors (Lipinski definition) is 2. The molecule has 0 saturated carbocycles. The highest BCUT2D eigenvalue weighted by Gasteiger charge is 2.19. The van der Waals surface area contributed by atoms with Gasteiger partial charge >= 0.3 is 0 Å². The third kappa shape index (κ3) is 1.76. The normalized spacial score (nSPS) is 13.6. The van der Waals surface area contributed by atoms with Crippen LogP contribution < -0.4 is 5.32 Å². The number of thiophene rings is 1. The molecule has 3 heteroatoms. The third-order valence-corrected chi connectivity index (χ3v) is 4.37. The summed E-state index contributed by atoms with van der Waals surface area (Å²) in [7, 11) is 0. The van der Waals surface area contributed by atoms with Crippen LogP contribution in [0.3, 0.4) is 0 Å². The Morgan fingerprint density at radius 2 is 2.18 bits per heavy atom. The minimum atomic E-state index is 0.0501. The number of hydrogen-bond donors (Lipinski definition) is 1. The van der Waals surface area contributed by atoms with Crippen molar-refractivity contribution in [2.75, 3.05) is 0 Å². The van der Waals surface area contributed by atoms with Crippen LogP contribution in [0, 0.1) is 0 Å². The number of rotatable bonds is 2. The van der Waals surface area contributed by atoms with Gasteiger partial charge in [0.05, 0.1) is 0 Å². The van der Waals surface area contributed by atoms with Crippen molar-refractivity contribution < 1.29 is 4.79 Å². The molecule has 2 aromatic rings. The first kappa shape index (κ1) is 10.5. The van der Waals surface area contributed by atoms with E-state index in [0.717, 1.165) is 23.1 Å². The van der Waals surface area contributed by atoms with Crippen molar-refractivity contribution in [3.8, 4) is 10.4 Å². The molecule has 0 spiro atoms. The van der Waals surface area contributed by atoms with E-state index in [1.165, 1.54) is 9.75 Å². The summed E-state index contributed by atoms with van der Waals surface area (Å²) >= 11 is 1.80. The minimum absolute atomic E-state index is 0.0501. The summed E-state index contributed by atoms with van der Waals surface area (Å²) in [4.78, 5) is 14.2. The van der Waals surface area contributed by atoms with E-state index in [1.54, 1.807) is 11.3 Å². The number of aryl methyl sites for hydroxylation is 1. The molecule has 3 rings (SSSR count). The second-order valence-electron chi connectivity index (χ2n) is 4.17. The summed E-state index contributed by atoms with van der Waals surface area (Å²) in [5, 5.41) is 2.84. The van der Waals surface area contributed by atoms with Gasteiger partial charge in [-0.1, -0.05) is 19.1 Å². The molecule has 17 heavy (non-hydrogen) atoms. The maximum Gasteiger partial charge on any atom is 0.251 e. The number of carbonyl (C=O) groups excluding carboxylic acids is 1. The minimum Gasteiger partial charge on any atom is -0.348 e. The number of amides is 1. The van der Waals surface area contributed by atoms with Crippen molar-refractivity contribution >= 4 is 17.2 Å². The summed E-state index contributed by atoms with van der Waals surface area (Å²) in [5.74, 6) is 0.0501. The largest absolute Gasteiger partial charge is 0.348 e. The fraction of sp³-hybridized carbons (Fsp3) is 0.214. The summed E-state index contributed by atoms with van der Waals surface area (Å²) in [6.45, 7) is 2.82. The van der Waals surface area contributed by atoms with Gasteiger partial charge < -0.3 is 5.32 Å². The molecule has 1 aliphatic heterocycles. The lowest BCUT2D eigenvalue weighted by molar-refractivity contribution is 0.0966. The van der Waals surface area contributed by atoms with Gasteiger partial charge in [-0.3, -0.25) is 4.79 Å². The zero-order valence-corrected chi connectivity index (χ0v) is 10.4. The Bertz CT molecular complexity index is 586. The van der Waals surface area contributed by atoms with Gasteiger partial charge in [0.25, 0.3) is 5.91 Å². The Morgan fingerprint density at radius 3 is 2.94 bits per heavy atom. The fourth-order valence-corrected chi connectivity index (χ4v) is 3.03. The zero-order chi connectivity index (χ0) is 11.8. The van der Waals surface area contributed by atoms with Crippen LogP contribution in [-0.4, -0.2) is 5.91 Å². The molecule has 0 radical (unpaired) electrons. The first-order valence-corrected chi connectivity index (χ1v) is 6.60. The second-order valence-corrected chi connectivity index (χ2v) is 5.34. The predicted octanol–water partition coefficient (Wildman–Crippen LogP) is 3.22. The molecule has 1 aromatic carbocycles. The number of carbonyl (C=O) groups is 1. The molecular formula is C14H13NOS. The van der Waals surface area contributed by atoms with Crippen LogP contribution in [0.5, 0.6) is 0 Å². The van der Waals surface area contributed by atoms with Gasteiger partial charge in [0.15, 0.2) is 0 Å². The number of benzene rings is 1. The highest BCUT2D eigenvalue weighted by molar-refractivity contribution is 7.15. The van der Waals surface area contributed by atoms with Crippen LogP contribution in [0.2, 0.25) is 0 Å². The predicted molar refractivity (Wildman–Crippen MR) is 70.3 cm³/mol. The molecule has 86 valence electrons. The average Bonchev–Trinajstić information content (AvgIpc) is 2.96. The average molecular weight is 243 g/mol. The van der Waals surface area contributed by atoms with E-state index in [1.807, 2.05) is 12.1 Å². The van der Waals surface area contributed by atoms with E-state index in [0.29, 0.717) is 6.54 Å². The van der Waals surface area contributed by atoms with Crippen LogP contribution in [0.1, 0.15) is 27.7 Å². The molecule has 1 amide bonds. The first-order chi connectivity index (χ1) is 8.28. The van der Waals surface area contributed by atoms with Gasteiger partial charge in [-0.25, -0.2) is 0 Å². The fourth-order valence-electron chi connectivity index (χ4n) is 2.09. The van der Waals surface area contributed by atoms with Crippen molar-refractivity contribution in [2.45, 2.75) is 19.9 Å². The zero-order valence-electron chi connectivity index (χ0n) is 9.62. The molecule has 1 aromatic heterocycles. The quantitative estimate of drug-likeness (QED) is 0.862. The lowest BCUT2D eigenvalue weighted by Gasteiger charge is -2.00. The van der Waals surface area contributed by atoms with E-state index >= 15 is 0 Å². The highest BCUT2D eigenvalue weighted by Crippen LogP contribution is 2.30. The maximum atomic E-state index is 11.6. The SMILES string of the molecule is CCc1ccc(-c2ccc3c(c2)C(=O)NC3)s1. The van der Waals surface area contributed by atoms with E-state index in [4.69, 9.17) is 0 Å². The van der Waals surface area contributed by atoms with Gasteiger partial charge in [0, 0.05) is 21.9 Å². The van der Waals surface area contributed by atoms with Gasteiger partial charge in [0.2, 0.25) is 0 Å². The molecule has 1 aliphatic rings. The summed E-state index contributed by atoms with van der Waals surface area (Å²) in [6, 6.07) is 10.5. The molecule has 0 unspecified atom stereocenters. The van der Waals surface area contributed by atoms with E-state index in [-0.39, 0.29) is 5.91 Å². The lowest BCUT2D eigenvalue weighted by Crippen LogP contribution is -2.12. The molecule has 2 heterocycles. The summed E-state index contributed by atoms with van der Waals surface area (Å²) in [5.41, 5.74) is 3.07. The standard InChI is InChI=1S/C14H13NOS/c1-2-11-5-6-13(17-11)9-3-4-10-8-15-14(16)12(10)7-9/h3-7H,2,8H2,1H3,(H,15,16). The van der Waals surface area contributed by atoms with Gasteiger partial charge in [-0.05, 0) is 35.7 Å². The lowest BCUT2D eigenvalue weighted by atomic mass is 10.1. The van der Waals surface area contributed by atoms with E-state index in [9.17, 15) is 4.79 Å². The van der Waals surface area contributed by atoms with Crippen LogP contribution in [0.25, 0.3) is 10.4 Å². The van der Waals surface area contributed by atoms with Crippen molar-refractivity contribution in [3.63, 3.8) is 0 Å². The molecule has 0 fully saturated rings. The Kier molecular flexibility index (Phi) is 2.48. The van der Waals surface area contributed by atoms with Crippen LogP contribution in [0.15, 0.2) is 30.3 Å². The monoisotopic (exact) mass is 243 g/mol. The summed E-state index contributed by atoms with van der Waals surface area (Å²) in [6.07, 6.45) is 1.07. The Hall–Kier alpha value is -1.61. The van der Waals surface area contributed by atoms with E-state index in [2.05, 4.69) is 30.4 Å². The van der Waals surface area contributed by atoms with E-state index < -0.39 is 0 Å². The van der Waals surface area contributed by atoms with Crippen molar-refractivity contribution in [1.82, 2.24) is 5.32 Å². The van der Waals surface area contributed by atoms with Crippen LogP contribution in [-0.2, 0) is 13.0 Å². The summed E-state index contributed by atoms with van der Waals surface area (Å²) < 4.78 is 0. The molecule has 2 nitrogen and oxygen atoms in total. The molecule has 0 bridgehead atoms. The topological polar surface area (TPSA) is 29.1 Å². The Labute approximate surface area is 104 Å². The number of fused-ring (bicyclic) bond motifs is 1. The molecular weight excluding hydrogens is 230 g/mol. The third-order valence-electron chi connectivity index (χ3n) is 3.09. The van der Waals surface area contributed by atoms with Crippen molar-refractivity contribution in [2.24, 2.45) is 0 Å².